The predicted octanol–water partition coefficient (Wildman–Crippen LogP) is -7.19. The van der Waals surface area contributed by atoms with E-state index < -0.39 is 83.0 Å². The molecule has 12 aliphatic rings. The molecule has 52 heteroatoms. The number of nitrogens with two attached hydrogens (primary N) is 2. The highest BCUT2D eigenvalue weighted by Crippen LogP contribution is 2.32. The highest BCUT2D eigenvalue weighted by atomic mass is 33.1. The second kappa shape index (κ2) is 56.1. The van der Waals surface area contributed by atoms with E-state index in [2.05, 4.69) is 42.5 Å². The van der Waals surface area contributed by atoms with Gasteiger partial charge in [0.2, 0.25) is 118 Å². The molecule has 12 N–H and O–H groups in total. The van der Waals surface area contributed by atoms with E-state index in [1.54, 1.807) is 82.4 Å². The average Bonchev–Trinajstić information content (AvgIpc) is 1.65. The quantitative estimate of drug-likeness (QED) is 0.0154. The molecule has 12 rings (SSSR count). The minimum atomic E-state index is -0.571. The summed E-state index contributed by atoms with van der Waals surface area (Å²) in [5, 5.41) is 22.3. The van der Waals surface area contributed by atoms with Gasteiger partial charge in [0.15, 0.2) is 0 Å². The summed E-state index contributed by atoms with van der Waals surface area (Å²) in [5.41, 5.74) is 10.9. The van der Waals surface area contributed by atoms with Gasteiger partial charge in [-0.3, -0.25) is 115 Å². The third-order valence-electron chi connectivity index (χ3n) is 28.1. The van der Waals surface area contributed by atoms with Crippen LogP contribution in [0.5, 0.6) is 0 Å². The molecule has 0 aromatic carbocycles. The Morgan fingerprint density at radius 2 is 0.382 bits per heavy atom. The van der Waals surface area contributed by atoms with Crippen LogP contribution in [0.3, 0.4) is 0 Å². The number of ketones is 2. The Morgan fingerprint density at radius 3 is 0.569 bits per heavy atom. The summed E-state index contributed by atoms with van der Waals surface area (Å²) in [6, 6.07) is 0. The molecule has 0 saturated carbocycles. The lowest BCUT2D eigenvalue weighted by molar-refractivity contribution is -0.145. The summed E-state index contributed by atoms with van der Waals surface area (Å²) >= 11 is 0. The fraction of sp³-hybridized carbons (Fsp3) is 0.739. The molecule has 0 spiro atoms. The molecule has 144 heavy (non-hydrogen) atoms. The van der Waals surface area contributed by atoms with Gasteiger partial charge in [0.25, 0.3) is 0 Å². The van der Waals surface area contributed by atoms with Crippen molar-refractivity contribution in [2.75, 3.05) is 260 Å². The van der Waals surface area contributed by atoms with E-state index in [0.29, 0.717) is 108 Å². The summed E-state index contributed by atoms with van der Waals surface area (Å²) < 4.78 is 9.45. The van der Waals surface area contributed by atoms with Crippen LogP contribution >= 0.6 is 43.2 Å². The monoisotopic (exact) mass is 2090 g/mol. The zero-order valence-electron chi connectivity index (χ0n) is 81.9. The van der Waals surface area contributed by atoms with E-state index in [9.17, 15) is 115 Å². The largest absolute Gasteiger partial charge is 0.469 e. The minimum Gasteiger partial charge on any atom is -0.469 e. The molecule has 12 fully saturated rings. The van der Waals surface area contributed by atoms with E-state index in [0.717, 1.165) is 0 Å². The van der Waals surface area contributed by atoms with Gasteiger partial charge in [0.1, 0.15) is 11.6 Å². The number of hydrogen-bond donors (Lipinski definition) is 10. The summed E-state index contributed by atoms with van der Waals surface area (Å²) in [7, 11) is 8.75. The summed E-state index contributed by atoms with van der Waals surface area (Å²) in [5.74, 6) is -8.61. The first-order valence-electron chi connectivity index (χ1n) is 49.7. The third-order valence-corrected chi connectivity index (χ3v) is 32.9. The van der Waals surface area contributed by atoms with Gasteiger partial charge in [-0.25, -0.2) is 0 Å². The first-order valence-corrected chi connectivity index (χ1v) is 54.7. The fourth-order valence-corrected chi connectivity index (χ4v) is 23.9. The molecule has 0 bridgehead atoms. The number of nitrogens with one attached hydrogen (secondary N) is 8. The first-order chi connectivity index (χ1) is 69.1. The number of nitrogens with zero attached hydrogens (tertiary/aromatic N) is 12. The lowest BCUT2D eigenvalue weighted by Crippen LogP contribution is -2.41. The Hall–Kier alpha value is -11.0. The van der Waals surface area contributed by atoms with Crippen LogP contribution in [0, 0.1) is 71.0 Å². The number of carbonyl (C=O) groups is 24. The van der Waals surface area contributed by atoms with E-state index >= 15 is 0 Å². The maximum absolute atomic E-state index is 13.0. The summed E-state index contributed by atoms with van der Waals surface area (Å²) in [6.07, 6.45) is 2.27. The van der Waals surface area contributed by atoms with Crippen LogP contribution in [0.4, 0.5) is 0 Å². The van der Waals surface area contributed by atoms with Crippen LogP contribution in [-0.2, 0) is 125 Å². The van der Waals surface area contributed by atoms with Crippen molar-refractivity contribution in [2.45, 2.75) is 103 Å². The van der Waals surface area contributed by atoms with Crippen molar-refractivity contribution in [1.29, 1.82) is 0 Å². The van der Waals surface area contributed by atoms with Gasteiger partial charge in [-0.05, 0) is 12.8 Å². The molecule has 48 nitrogen and oxygen atoms in total. The van der Waals surface area contributed by atoms with Crippen molar-refractivity contribution in [3.63, 3.8) is 0 Å². The lowest BCUT2D eigenvalue weighted by atomic mass is 9.99. The molecule has 12 atom stereocenters. The van der Waals surface area contributed by atoms with E-state index in [1.807, 2.05) is 0 Å². The highest BCUT2D eigenvalue weighted by Gasteiger charge is 2.46. The van der Waals surface area contributed by atoms with Crippen molar-refractivity contribution >= 4 is 185 Å². The number of hydrogen-bond acceptors (Lipinski definition) is 32. The number of rotatable bonds is 56. The van der Waals surface area contributed by atoms with Gasteiger partial charge in [-0.2, -0.15) is 0 Å². The number of likely N-dealkylation sites (tertiary alicyclic amines) is 12. The standard InChI is InChI=1S/C47H73N13O12S2.C45H65N9O14S2/c48-3-5-50-43(68)31-19-38(63)55(25-31)10-1-2-36(61)30-18-37(62)56(24-30)11-7-52-46(71)34-22-41(66)59(28-34)14-16-73-74-17-15-60-29-35(23-42(60)67)47(72)54-9-13-58-27-33(21-40(58)65)45(70)53-8-12-57-26-32(20-39(57)64)44(69)51-6-4-49;1-67-44(65)32-20-39(60)49(26-32)8-3-4-34(55)28-16-35(56)50(22-28)9-5-46-42(63)30-18-37(58)53(24-30)12-14-69-70-15-13-54-25-31(19-38(54)59)43(64)47-6-10-51-23-29(17-36(51)57)41(62)48-7-11-52-27-33(21-40(52)61)45(66)68-2/h30-35H,1-29,48-49H2,(H,50,68)(H,51,69)(H,52,71)(H,53,70)(H,54,72);28-33H,3-27H2,1-2H3,(H,46,63)(H,47,64)(H,48,62). The lowest BCUT2D eigenvalue weighted by Gasteiger charge is -2.19. The van der Waals surface area contributed by atoms with Crippen LogP contribution < -0.4 is 54.0 Å². The van der Waals surface area contributed by atoms with E-state index in [1.165, 1.54) is 33.8 Å². The molecule has 796 valence electrons. The molecule has 0 radical (unpaired) electrons. The first kappa shape index (κ1) is 113. The summed E-state index contributed by atoms with van der Waals surface area (Å²) in [6.45, 7) is 9.37. The normalized spacial score (nSPS) is 24.3. The topological polar surface area (TPSA) is 615 Å². The van der Waals surface area contributed by atoms with Crippen LogP contribution in [0.15, 0.2) is 0 Å². The van der Waals surface area contributed by atoms with Crippen LogP contribution in [-0.4, -0.2) is 460 Å². The Labute approximate surface area is 850 Å². The number of methoxy groups -OCH3 is 2. The van der Waals surface area contributed by atoms with Gasteiger partial charge >= 0.3 is 11.9 Å². The number of carbonyl (C=O) groups excluding carboxylic acids is 24. The smallest absolute Gasteiger partial charge is 0.310 e. The van der Waals surface area contributed by atoms with E-state index in [-0.39, 0.29) is 370 Å². The van der Waals surface area contributed by atoms with Crippen molar-refractivity contribution < 1.29 is 125 Å². The van der Waals surface area contributed by atoms with Gasteiger partial charge in [0.05, 0.1) is 73.4 Å². The molecule has 0 aromatic heterocycles. The third kappa shape index (κ3) is 33.0. The van der Waals surface area contributed by atoms with Crippen molar-refractivity contribution in [2.24, 2.45) is 82.5 Å². The second-order valence-corrected chi connectivity index (χ2v) is 43.7. The summed E-state index contributed by atoms with van der Waals surface area (Å²) in [4.78, 5) is 321. The fourth-order valence-electron chi connectivity index (χ4n) is 19.9. The van der Waals surface area contributed by atoms with Gasteiger partial charge in [0, 0.05) is 347 Å². The van der Waals surface area contributed by atoms with Crippen molar-refractivity contribution in [1.82, 2.24) is 101 Å². The molecule has 12 heterocycles. The van der Waals surface area contributed by atoms with Crippen molar-refractivity contribution in [3.8, 4) is 0 Å². The Balaban J connectivity index is 0.000000275. The maximum Gasteiger partial charge on any atom is 0.310 e. The zero-order chi connectivity index (χ0) is 104. The highest BCUT2D eigenvalue weighted by molar-refractivity contribution is 8.77. The Morgan fingerprint density at radius 1 is 0.229 bits per heavy atom. The van der Waals surface area contributed by atoms with Gasteiger partial charge in [-0.15, -0.1) is 0 Å². The molecule has 0 aromatic rings. The van der Waals surface area contributed by atoms with Crippen LogP contribution in [0.1, 0.15) is 103 Å². The Kier molecular flexibility index (Phi) is 44.1. The van der Waals surface area contributed by atoms with Gasteiger partial charge in [-0.1, -0.05) is 43.2 Å². The molecule has 12 unspecified atom stereocenters. The molecule has 12 aliphatic heterocycles. The predicted molar refractivity (Wildman–Crippen MR) is 521 cm³/mol. The SMILES string of the molecule is COC(=O)C1CC(=O)N(CCCC(=O)C2CC(=O)N(CCNC(=O)C3CC(=O)N(CCSSCCN4CC(C(=O)NCCN5CC(C(=O)NCCN6CC(C(=O)OC)CC6=O)CC5=O)CC4=O)C3)C2)C1.NCCNC(=O)C1CC(=O)N(CCCC(=O)C2CC(=O)N(CCNC(=O)C3CC(=O)N(CCSSCCN4CC(C(=O)NCCN5CC(C(=O)NCCN6CC(C(=O)NCCN)CC6=O)CC5=O)CC4=O)C3)C2)C1. The number of ether oxygens (including phenoxy) is 2. The number of esters is 2. The van der Waals surface area contributed by atoms with E-state index in [4.69, 9.17) is 20.9 Å². The second-order valence-electron chi connectivity index (χ2n) is 38.3. The van der Waals surface area contributed by atoms with Crippen LogP contribution in [0.2, 0.25) is 0 Å². The van der Waals surface area contributed by atoms with Crippen LogP contribution in [0.25, 0.3) is 0 Å². The number of Topliss-reactive ketones (excluding diaryl/α,β-unsaturated/α-hetero) is 2. The minimum absolute atomic E-state index is 0.0303. The van der Waals surface area contributed by atoms with Crippen molar-refractivity contribution in [3.05, 3.63) is 0 Å². The average molecular weight is 2100 g/mol. The molecule has 0 aliphatic carbocycles. The molecular weight excluding hydrogens is 1960 g/mol. The molecular formula is C92H138N22O26S4. The zero-order valence-corrected chi connectivity index (χ0v) is 85.1. The molecule has 12 saturated heterocycles. The maximum atomic E-state index is 13.0. The van der Waals surface area contributed by atoms with Gasteiger partial charge < -0.3 is 122 Å². The molecule has 20 amide bonds. The number of amides is 20. The Bertz CT molecular complexity index is 4450.